The van der Waals surface area contributed by atoms with Gasteiger partial charge in [-0.1, -0.05) is 12.1 Å². The Morgan fingerprint density at radius 1 is 1.41 bits per heavy atom. The van der Waals surface area contributed by atoms with Crippen LogP contribution in [0.5, 0.6) is 0 Å². The lowest BCUT2D eigenvalue weighted by Crippen LogP contribution is -2.27. The van der Waals surface area contributed by atoms with Gasteiger partial charge in [0.05, 0.1) is 5.69 Å². The molecule has 0 aromatic heterocycles. The molecule has 0 aliphatic rings. The Morgan fingerprint density at radius 2 is 2.06 bits per heavy atom. The molecule has 1 rings (SSSR count). The first-order valence-corrected chi connectivity index (χ1v) is 4.82. The number of rotatable bonds is 4. The Morgan fingerprint density at radius 3 is 2.65 bits per heavy atom. The van der Waals surface area contributed by atoms with Gasteiger partial charge in [0.15, 0.2) is 17.5 Å². The van der Waals surface area contributed by atoms with E-state index < -0.39 is 17.5 Å². The van der Waals surface area contributed by atoms with Crippen molar-refractivity contribution in [3.63, 3.8) is 0 Å². The summed E-state index contributed by atoms with van der Waals surface area (Å²) in [6, 6.07) is 1.89. The molecule has 0 fully saturated rings. The molecule has 94 valence electrons. The number of hydrogen-bond donors (Lipinski definition) is 3. The summed E-state index contributed by atoms with van der Waals surface area (Å²) < 4.78 is 38.7. The number of nitrogens with one attached hydrogen (secondary N) is 1. The third-order valence-electron chi connectivity index (χ3n) is 2.25. The highest BCUT2D eigenvalue weighted by Crippen LogP contribution is 2.19. The van der Waals surface area contributed by atoms with Crippen molar-refractivity contribution >= 4 is 11.5 Å². The number of nitrogens with two attached hydrogens (primary N) is 1. The minimum Gasteiger partial charge on any atom is -0.409 e. The van der Waals surface area contributed by atoms with Crippen molar-refractivity contribution in [3.05, 3.63) is 29.6 Å². The van der Waals surface area contributed by atoms with Crippen molar-refractivity contribution in [3.8, 4) is 0 Å². The molecular formula is C10H12F3N3O. The number of anilines is 1. The van der Waals surface area contributed by atoms with Crippen LogP contribution >= 0.6 is 0 Å². The SMILES string of the molecule is CC(CNc1ccc(F)c(F)c1F)C(N)=NO. The normalized spacial score (nSPS) is 13.5. The molecule has 1 aromatic rings. The van der Waals surface area contributed by atoms with E-state index in [0.717, 1.165) is 12.1 Å². The molecule has 0 aliphatic carbocycles. The van der Waals surface area contributed by atoms with Crippen LogP contribution in [-0.2, 0) is 0 Å². The third kappa shape index (κ3) is 3.02. The molecule has 0 radical (unpaired) electrons. The maximum Gasteiger partial charge on any atom is 0.196 e. The highest BCUT2D eigenvalue weighted by molar-refractivity contribution is 5.82. The van der Waals surface area contributed by atoms with Gasteiger partial charge in [-0.05, 0) is 12.1 Å². The summed E-state index contributed by atoms with van der Waals surface area (Å²) >= 11 is 0. The van der Waals surface area contributed by atoms with Crippen LogP contribution in [0.2, 0.25) is 0 Å². The van der Waals surface area contributed by atoms with E-state index in [2.05, 4.69) is 10.5 Å². The number of nitrogens with zero attached hydrogens (tertiary/aromatic N) is 1. The maximum atomic E-state index is 13.2. The summed E-state index contributed by atoms with van der Waals surface area (Å²) in [6.45, 7) is 1.75. The second kappa shape index (κ2) is 5.42. The lowest BCUT2D eigenvalue weighted by atomic mass is 10.1. The van der Waals surface area contributed by atoms with Crippen LogP contribution in [0.1, 0.15) is 6.92 Å². The van der Waals surface area contributed by atoms with Gasteiger partial charge in [0.25, 0.3) is 0 Å². The summed E-state index contributed by atoms with van der Waals surface area (Å²) in [7, 11) is 0. The molecule has 4 nitrogen and oxygen atoms in total. The van der Waals surface area contributed by atoms with Crippen molar-refractivity contribution in [2.75, 3.05) is 11.9 Å². The van der Waals surface area contributed by atoms with Gasteiger partial charge in [0.2, 0.25) is 0 Å². The smallest absolute Gasteiger partial charge is 0.196 e. The number of benzene rings is 1. The summed E-state index contributed by atoms with van der Waals surface area (Å²) in [5, 5.41) is 13.7. The van der Waals surface area contributed by atoms with Crippen LogP contribution in [0.15, 0.2) is 17.3 Å². The Hall–Kier alpha value is -1.92. The highest BCUT2D eigenvalue weighted by atomic mass is 19.2. The highest BCUT2D eigenvalue weighted by Gasteiger charge is 2.14. The summed E-state index contributed by atoms with van der Waals surface area (Å²) in [4.78, 5) is 0. The van der Waals surface area contributed by atoms with Crippen LogP contribution in [0, 0.1) is 23.4 Å². The van der Waals surface area contributed by atoms with Gasteiger partial charge < -0.3 is 16.3 Å². The zero-order valence-electron chi connectivity index (χ0n) is 9.04. The molecule has 0 bridgehead atoms. The van der Waals surface area contributed by atoms with E-state index in [1.807, 2.05) is 0 Å². The van der Waals surface area contributed by atoms with Gasteiger partial charge in [-0.25, -0.2) is 13.2 Å². The molecule has 0 aliphatic heterocycles. The molecule has 1 unspecified atom stereocenters. The molecule has 1 atom stereocenters. The van der Waals surface area contributed by atoms with E-state index in [1.165, 1.54) is 0 Å². The standard InChI is InChI=1S/C10H12F3N3O/c1-5(10(14)16-17)4-15-7-3-2-6(11)8(12)9(7)13/h2-3,5,15,17H,4H2,1H3,(H2,14,16). The van der Waals surface area contributed by atoms with E-state index in [9.17, 15) is 13.2 Å². The van der Waals surface area contributed by atoms with Gasteiger partial charge in [0.1, 0.15) is 5.84 Å². The average Bonchev–Trinajstić information content (AvgIpc) is 2.33. The molecule has 17 heavy (non-hydrogen) atoms. The molecule has 4 N–H and O–H groups in total. The van der Waals surface area contributed by atoms with Crippen LogP contribution < -0.4 is 11.1 Å². The van der Waals surface area contributed by atoms with Crippen molar-refractivity contribution in [2.24, 2.45) is 16.8 Å². The van der Waals surface area contributed by atoms with E-state index in [0.29, 0.717) is 0 Å². The van der Waals surface area contributed by atoms with Gasteiger partial charge in [0, 0.05) is 12.5 Å². The largest absolute Gasteiger partial charge is 0.409 e. The lowest BCUT2D eigenvalue weighted by Gasteiger charge is -2.12. The second-order valence-corrected chi connectivity index (χ2v) is 3.53. The zero-order chi connectivity index (χ0) is 13.0. The average molecular weight is 247 g/mol. The van der Waals surface area contributed by atoms with Crippen molar-refractivity contribution < 1.29 is 18.4 Å². The summed E-state index contributed by atoms with van der Waals surface area (Å²) in [5.74, 6) is -4.51. The Labute approximate surface area is 95.9 Å². The minimum atomic E-state index is -1.54. The fourth-order valence-corrected chi connectivity index (χ4v) is 1.13. The molecular weight excluding hydrogens is 235 g/mol. The number of hydrogen-bond acceptors (Lipinski definition) is 3. The quantitative estimate of drug-likeness (QED) is 0.250. The Balaban J connectivity index is 2.74. The molecule has 7 heteroatoms. The van der Waals surface area contributed by atoms with Crippen LogP contribution in [0.25, 0.3) is 0 Å². The van der Waals surface area contributed by atoms with Crippen LogP contribution in [0.4, 0.5) is 18.9 Å². The van der Waals surface area contributed by atoms with Gasteiger partial charge in [-0.15, -0.1) is 0 Å². The fraction of sp³-hybridized carbons (Fsp3) is 0.300. The topological polar surface area (TPSA) is 70.6 Å². The predicted octanol–water partition coefficient (Wildman–Crippen LogP) is 1.90. The monoisotopic (exact) mass is 247 g/mol. The predicted molar refractivity (Wildman–Crippen MR) is 57.4 cm³/mol. The van der Waals surface area contributed by atoms with Crippen molar-refractivity contribution in [1.82, 2.24) is 0 Å². The maximum absolute atomic E-state index is 13.2. The first kappa shape index (κ1) is 13.1. The van der Waals surface area contributed by atoms with E-state index in [1.54, 1.807) is 6.92 Å². The molecule has 0 heterocycles. The lowest BCUT2D eigenvalue weighted by molar-refractivity contribution is 0.315. The van der Waals surface area contributed by atoms with Crippen molar-refractivity contribution in [1.29, 1.82) is 0 Å². The fourth-order valence-electron chi connectivity index (χ4n) is 1.13. The van der Waals surface area contributed by atoms with Gasteiger partial charge in [-0.2, -0.15) is 0 Å². The number of amidine groups is 1. The molecule has 0 saturated carbocycles. The van der Waals surface area contributed by atoms with Gasteiger partial charge >= 0.3 is 0 Å². The van der Waals surface area contributed by atoms with Gasteiger partial charge in [-0.3, -0.25) is 0 Å². The first-order chi connectivity index (χ1) is 7.97. The molecule has 1 aromatic carbocycles. The Bertz CT molecular complexity index is 437. The molecule has 0 saturated heterocycles. The third-order valence-corrected chi connectivity index (χ3v) is 2.25. The van der Waals surface area contributed by atoms with Crippen molar-refractivity contribution in [2.45, 2.75) is 6.92 Å². The first-order valence-electron chi connectivity index (χ1n) is 4.82. The summed E-state index contributed by atoms with van der Waals surface area (Å²) in [6.07, 6.45) is 0. The van der Waals surface area contributed by atoms with Crippen LogP contribution in [0.3, 0.4) is 0 Å². The number of oxime groups is 1. The minimum absolute atomic E-state index is 0.0412. The van der Waals surface area contributed by atoms with E-state index in [4.69, 9.17) is 10.9 Å². The second-order valence-electron chi connectivity index (χ2n) is 3.53. The van der Waals surface area contributed by atoms with E-state index in [-0.39, 0.29) is 24.0 Å². The molecule has 0 spiro atoms. The van der Waals surface area contributed by atoms with Crippen LogP contribution in [-0.4, -0.2) is 17.6 Å². The number of halogens is 3. The summed E-state index contributed by atoms with van der Waals surface area (Å²) in [5.41, 5.74) is 5.13. The Kier molecular flexibility index (Phi) is 4.19. The zero-order valence-corrected chi connectivity index (χ0v) is 9.04. The van der Waals surface area contributed by atoms with E-state index >= 15 is 0 Å². The molecule has 0 amide bonds.